The Morgan fingerprint density at radius 1 is 1.26 bits per heavy atom. The summed E-state index contributed by atoms with van der Waals surface area (Å²) in [5.41, 5.74) is 0.922. The molecule has 2 amide bonds. The molecule has 0 fully saturated rings. The summed E-state index contributed by atoms with van der Waals surface area (Å²) >= 11 is 5.84. The van der Waals surface area contributed by atoms with E-state index in [9.17, 15) is 14.0 Å². The van der Waals surface area contributed by atoms with Gasteiger partial charge in [0.05, 0.1) is 16.7 Å². The maximum absolute atomic E-state index is 13.0. The van der Waals surface area contributed by atoms with Crippen LogP contribution in [0.1, 0.15) is 36.2 Å². The zero-order valence-electron chi connectivity index (χ0n) is 15.1. The van der Waals surface area contributed by atoms with Crippen molar-refractivity contribution in [3.8, 4) is 5.88 Å². The molecule has 0 aliphatic heterocycles. The molecule has 2 aromatic rings. The van der Waals surface area contributed by atoms with E-state index >= 15 is 0 Å². The number of pyridine rings is 1. The average molecular weight is 394 g/mol. The molecule has 8 heteroatoms. The average Bonchev–Trinajstić information content (AvgIpc) is 2.60. The van der Waals surface area contributed by atoms with Gasteiger partial charge in [0.1, 0.15) is 5.82 Å². The molecule has 0 radical (unpaired) electrons. The van der Waals surface area contributed by atoms with Crippen molar-refractivity contribution >= 4 is 23.4 Å². The Hall–Kier alpha value is -2.67. The number of benzene rings is 1. The first-order valence-electron chi connectivity index (χ1n) is 8.47. The number of amides is 2. The monoisotopic (exact) mass is 393 g/mol. The minimum Gasteiger partial charge on any atom is -0.475 e. The molecule has 0 spiro atoms. The molecular weight excluding hydrogens is 373 g/mol. The lowest BCUT2D eigenvalue weighted by Gasteiger charge is -2.13. The summed E-state index contributed by atoms with van der Waals surface area (Å²) < 4.78 is 18.6. The first-order valence-corrected chi connectivity index (χ1v) is 8.85. The Morgan fingerprint density at radius 2 is 2.04 bits per heavy atom. The Morgan fingerprint density at radius 3 is 2.74 bits per heavy atom. The van der Waals surface area contributed by atoms with Crippen LogP contribution >= 0.6 is 11.6 Å². The van der Waals surface area contributed by atoms with Gasteiger partial charge in [0.2, 0.25) is 11.8 Å². The molecule has 2 N–H and O–H groups in total. The Balaban J connectivity index is 1.79. The second kappa shape index (κ2) is 9.87. The number of nitrogens with one attached hydrogen (secondary N) is 2. The first kappa shape index (κ1) is 20.6. The zero-order valence-corrected chi connectivity index (χ0v) is 15.8. The summed E-state index contributed by atoms with van der Waals surface area (Å²) in [5.74, 6) is -0.744. The molecule has 1 aromatic carbocycles. The van der Waals surface area contributed by atoms with E-state index in [4.69, 9.17) is 16.3 Å². The van der Waals surface area contributed by atoms with Gasteiger partial charge in [0, 0.05) is 31.3 Å². The maximum Gasteiger partial charge on any atom is 0.252 e. The van der Waals surface area contributed by atoms with Gasteiger partial charge in [-0.05, 0) is 38.1 Å². The highest BCUT2D eigenvalue weighted by atomic mass is 35.5. The van der Waals surface area contributed by atoms with Gasteiger partial charge in [-0.2, -0.15) is 0 Å². The molecular formula is C19H21ClFN3O3. The zero-order chi connectivity index (χ0) is 19.8. The Labute approximate surface area is 162 Å². The third-order valence-electron chi connectivity index (χ3n) is 3.49. The molecule has 1 aromatic heterocycles. The van der Waals surface area contributed by atoms with Crippen LogP contribution in [0.5, 0.6) is 5.88 Å². The van der Waals surface area contributed by atoms with Gasteiger partial charge in [-0.1, -0.05) is 17.7 Å². The Bertz CT molecular complexity index is 815. The summed E-state index contributed by atoms with van der Waals surface area (Å²) in [6.07, 6.45) is 1.69. The number of aromatic nitrogens is 1. The topological polar surface area (TPSA) is 80.3 Å². The molecule has 6 nitrogen and oxygen atoms in total. The van der Waals surface area contributed by atoms with Crippen LogP contribution in [0.3, 0.4) is 0 Å². The fourth-order valence-electron chi connectivity index (χ4n) is 2.23. The summed E-state index contributed by atoms with van der Waals surface area (Å²) in [6.45, 7) is 4.19. The second-order valence-electron chi connectivity index (χ2n) is 6.04. The molecule has 0 aliphatic carbocycles. The predicted molar refractivity (Wildman–Crippen MR) is 100 cm³/mol. The van der Waals surface area contributed by atoms with E-state index in [1.807, 2.05) is 19.9 Å². The molecule has 0 unspecified atom stereocenters. The van der Waals surface area contributed by atoms with Gasteiger partial charge < -0.3 is 15.4 Å². The van der Waals surface area contributed by atoms with E-state index in [1.165, 1.54) is 6.07 Å². The number of carbonyl (C=O) groups is 2. The molecule has 0 saturated heterocycles. The highest BCUT2D eigenvalue weighted by Crippen LogP contribution is 2.17. The van der Waals surface area contributed by atoms with Gasteiger partial charge in [-0.15, -0.1) is 0 Å². The standard InChI is InChI=1S/C19H21ClFN3O3/c1-12(2)27-19-13(4-3-8-23-19)11-24-17(25)7-9-22-18(26)15-6-5-14(21)10-16(15)20/h3-6,8,10,12H,7,9,11H2,1-2H3,(H,22,26)(H,24,25). The third-order valence-corrected chi connectivity index (χ3v) is 3.80. The molecule has 27 heavy (non-hydrogen) atoms. The lowest BCUT2D eigenvalue weighted by Crippen LogP contribution is -2.30. The van der Waals surface area contributed by atoms with E-state index < -0.39 is 11.7 Å². The van der Waals surface area contributed by atoms with Gasteiger partial charge in [-0.3, -0.25) is 9.59 Å². The van der Waals surface area contributed by atoms with Crippen molar-refractivity contribution in [1.29, 1.82) is 0 Å². The van der Waals surface area contributed by atoms with Crippen LogP contribution in [-0.4, -0.2) is 29.4 Å². The number of carbonyl (C=O) groups excluding carboxylic acids is 2. The van der Waals surface area contributed by atoms with Crippen LogP contribution in [0.25, 0.3) is 0 Å². The number of hydrogen-bond donors (Lipinski definition) is 2. The number of rotatable bonds is 8. The highest BCUT2D eigenvalue weighted by molar-refractivity contribution is 6.33. The third kappa shape index (κ3) is 6.53. The lowest BCUT2D eigenvalue weighted by molar-refractivity contribution is -0.121. The number of halogens is 2. The molecule has 0 aliphatic rings. The summed E-state index contributed by atoms with van der Waals surface area (Å²) in [5, 5.41) is 5.36. The largest absolute Gasteiger partial charge is 0.475 e. The Kier molecular flexibility index (Phi) is 7.55. The van der Waals surface area contributed by atoms with Gasteiger partial charge in [0.15, 0.2) is 0 Å². The summed E-state index contributed by atoms with van der Waals surface area (Å²) in [4.78, 5) is 28.2. The molecule has 0 bridgehead atoms. The highest BCUT2D eigenvalue weighted by Gasteiger charge is 2.12. The van der Waals surface area contributed by atoms with Crippen molar-refractivity contribution in [1.82, 2.24) is 15.6 Å². The van der Waals surface area contributed by atoms with Crippen LogP contribution < -0.4 is 15.4 Å². The fourth-order valence-corrected chi connectivity index (χ4v) is 2.48. The van der Waals surface area contributed by atoms with Crippen LogP contribution in [0.15, 0.2) is 36.5 Å². The number of nitrogens with zero attached hydrogens (tertiary/aromatic N) is 1. The minimum atomic E-state index is -0.521. The SMILES string of the molecule is CC(C)Oc1ncccc1CNC(=O)CCNC(=O)c1ccc(F)cc1Cl. The fraction of sp³-hybridized carbons (Fsp3) is 0.316. The van der Waals surface area contributed by atoms with Gasteiger partial charge >= 0.3 is 0 Å². The van der Waals surface area contributed by atoms with Crippen LogP contribution in [0.4, 0.5) is 4.39 Å². The minimum absolute atomic E-state index is 0.0196. The number of hydrogen-bond acceptors (Lipinski definition) is 4. The van der Waals surface area contributed by atoms with Crippen molar-refractivity contribution in [3.05, 3.63) is 58.5 Å². The lowest BCUT2D eigenvalue weighted by atomic mass is 10.2. The predicted octanol–water partition coefficient (Wildman–Crippen LogP) is 3.10. The van der Waals surface area contributed by atoms with E-state index in [-0.39, 0.29) is 42.1 Å². The maximum atomic E-state index is 13.0. The van der Waals surface area contributed by atoms with E-state index in [2.05, 4.69) is 15.6 Å². The molecule has 1 heterocycles. The molecule has 0 atom stereocenters. The van der Waals surface area contributed by atoms with E-state index in [1.54, 1.807) is 12.3 Å². The normalized spacial score (nSPS) is 10.6. The summed E-state index contributed by atoms with van der Waals surface area (Å²) in [7, 11) is 0. The van der Waals surface area contributed by atoms with Crippen LogP contribution in [0, 0.1) is 5.82 Å². The van der Waals surface area contributed by atoms with Crippen molar-refractivity contribution in [2.75, 3.05) is 6.54 Å². The first-order chi connectivity index (χ1) is 12.9. The quantitative estimate of drug-likeness (QED) is 0.722. The van der Waals surface area contributed by atoms with Crippen molar-refractivity contribution in [2.45, 2.75) is 32.9 Å². The van der Waals surface area contributed by atoms with Crippen molar-refractivity contribution in [2.24, 2.45) is 0 Å². The van der Waals surface area contributed by atoms with E-state index in [0.29, 0.717) is 5.88 Å². The number of ether oxygens (including phenoxy) is 1. The smallest absolute Gasteiger partial charge is 0.252 e. The second-order valence-corrected chi connectivity index (χ2v) is 6.45. The molecule has 2 rings (SSSR count). The molecule has 144 valence electrons. The molecule has 0 saturated carbocycles. The van der Waals surface area contributed by atoms with Crippen LogP contribution in [-0.2, 0) is 11.3 Å². The van der Waals surface area contributed by atoms with E-state index in [0.717, 1.165) is 17.7 Å². The van der Waals surface area contributed by atoms with Gasteiger partial charge in [-0.25, -0.2) is 9.37 Å². The van der Waals surface area contributed by atoms with Crippen molar-refractivity contribution < 1.29 is 18.7 Å². The van der Waals surface area contributed by atoms with Gasteiger partial charge in [0.25, 0.3) is 5.91 Å². The van der Waals surface area contributed by atoms with Crippen molar-refractivity contribution in [3.63, 3.8) is 0 Å². The summed E-state index contributed by atoms with van der Waals surface area (Å²) in [6, 6.07) is 7.10. The van der Waals surface area contributed by atoms with Crippen LogP contribution in [0.2, 0.25) is 5.02 Å².